The smallest absolute Gasteiger partial charge is 0.373 e. The number of fused-ring (bicyclic) bond motifs is 1. The second kappa shape index (κ2) is 6.23. The van der Waals surface area contributed by atoms with Gasteiger partial charge in [0.2, 0.25) is 5.76 Å². The van der Waals surface area contributed by atoms with E-state index in [1.807, 2.05) is 19.9 Å². The highest BCUT2D eigenvalue weighted by Gasteiger charge is 2.13. The van der Waals surface area contributed by atoms with Crippen molar-refractivity contribution in [1.29, 1.82) is 0 Å². The van der Waals surface area contributed by atoms with Crippen LogP contribution in [-0.2, 0) is 11.3 Å². The number of benzene rings is 1. The zero-order valence-electron chi connectivity index (χ0n) is 13.5. The maximum atomic E-state index is 11.5. The van der Waals surface area contributed by atoms with Gasteiger partial charge in [-0.1, -0.05) is 0 Å². The topological polar surface area (TPSA) is 78.9 Å². The van der Waals surface area contributed by atoms with Gasteiger partial charge in [-0.05, 0) is 49.2 Å². The van der Waals surface area contributed by atoms with Gasteiger partial charge in [0, 0.05) is 6.07 Å². The molecule has 0 aliphatic heterocycles. The van der Waals surface area contributed by atoms with E-state index in [0.717, 1.165) is 16.5 Å². The summed E-state index contributed by atoms with van der Waals surface area (Å²) in [4.78, 5) is 22.9. The number of hydrogen-bond acceptors (Lipinski definition) is 6. The molecule has 6 heteroatoms. The number of methoxy groups -OCH3 is 1. The Balaban J connectivity index is 1.91. The Morgan fingerprint density at radius 1 is 1.12 bits per heavy atom. The van der Waals surface area contributed by atoms with E-state index in [-0.39, 0.29) is 12.4 Å². The Labute approximate surface area is 137 Å². The van der Waals surface area contributed by atoms with Gasteiger partial charge in [-0.2, -0.15) is 0 Å². The van der Waals surface area contributed by atoms with Gasteiger partial charge in [-0.3, -0.25) is 0 Å². The first-order valence-electron chi connectivity index (χ1n) is 7.33. The van der Waals surface area contributed by atoms with Gasteiger partial charge in [0.15, 0.2) is 0 Å². The Morgan fingerprint density at radius 3 is 2.67 bits per heavy atom. The summed E-state index contributed by atoms with van der Waals surface area (Å²) in [6.45, 7) is 3.84. The number of ether oxygens (including phenoxy) is 2. The zero-order chi connectivity index (χ0) is 17.3. The van der Waals surface area contributed by atoms with Crippen molar-refractivity contribution in [2.75, 3.05) is 7.11 Å². The van der Waals surface area contributed by atoms with Crippen LogP contribution in [0.25, 0.3) is 11.0 Å². The molecule has 0 saturated carbocycles. The van der Waals surface area contributed by atoms with E-state index in [2.05, 4.69) is 4.74 Å². The van der Waals surface area contributed by atoms with Gasteiger partial charge < -0.3 is 18.3 Å². The Morgan fingerprint density at radius 2 is 1.92 bits per heavy atom. The van der Waals surface area contributed by atoms with Gasteiger partial charge >= 0.3 is 11.6 Å². The van der Waals surface area contributed by atoms with Crippen molar-refractivity contribution in [3.8, 4) is 5.75 Å². The van der Waals surface area contributed by atoms with Crippen LogP contribution in [0.5, 0.6) is 5.75 Å². The molecule has 3 aromatic rings. The largest absolute Gasteiger partial charge is 0.485 e. The number of rotatable bonds is 4. The van der Waals surface area contributed by atoms with Crippen LogP contribution in [0.2, 0.25) is 0 Å². The Hall–Kier alpha value is -3.02. The molecule has 3 rings (SSSR count). The molecule has 0 amide bonds. The summed E-state index contributed by atoms with van der Waals surface area (Å²) < 4.78 is 21.0. The average molecular weight is 328 g/mol. The number of aryl methyl sites for hydroxylation is 2. The third-order valence-electron chi connectivity index (χ3n) is 3.57. The summed E-state index contributed by atoms with van der Waals surface area (Å²) in [6, 6.07) is 8.26. The summed E-state index contributed by atoms with van der Waals surface area (Å²) in [6.07, 6.45) is 0. The summed E-state index contributed by atoms with van der Waals surface area (Å²) in [5.74, 6) is 0.648. The van der Waals surface area contributed by atoms with Crippen LogP contribution < -0.4 is 10.4 Å². The molecule has 1 aromatic carbocycles. The summed E-state index contributed by atoms with van der Waals surface area (Å²) >= 11 is 0. The first-order chi connectivity index (χ1) is 11.5. The van der Waals surface area contributed by atoms with Crippen molar-refractivity contribution in [2.24, 2.45) is 0 Å². The predicted octanol–water partition coefficient (Wildman–Crippen LogP) is 3.37. The molecule has 0 N–H and O–H groups in total. The van der Waals surface area contributed by atoms with E-state index >= 15 is 0 Å². The molecule has 0 atom stereocenters. The third-order valence-corrected chi connectivity index (χ3v) is 3.57. The lowest BCUT2D eigenvalue weighted by molar-refractivity contribution is 0.0561. The van der Waals surface area contributed by atoms with E-state index in [4.69, 9.17) is 13.6 Å². The van der Waals surface area contributed by atoms with Gasteiger partial charge in [0.1, 0.15) is 23.7 Å². The zero-order valence-corrected chi connectivity index (χ0v) is 13.5. The van der Waals surface area contributed by atoms with Crippen LogP contribution in [0.3, 0.4) is 0 Å². The maximum absolute atomic E-state index is 11.5. The fourth-order valence-corrected chi connectivity index (χ4v) is 2.51. The molecule has 0 radical (unpaired) electrons. The van der Waals surface area contributed by atoms with Crippen molar-refractivity contribution in [3.63, 3.8) is 0 Å². The van der Waals surface area contributed by atoms with E-state index < -0.39 is 11.6 Å². The Bertz CT molecular complexity index is 963. The molecule has 124 valence electrons. The number of furan rings is 1. The van der Waals surface area contributed by atoms with Gasteiger partial charge in [-0.25, -0.2) is 9.59 Å². The molecule has 0 aliphatic carbocycles. The van der Waals surface area contributed by atoms with E-state index in [0.29, 0.717) is 17.1 Å². The van der Waals surface area contributed by atoms with Gasteiger partial charge in [0.25, 0.3) is 0 Å². The molecule has 0 fully saturated rings. The lowest BCUT2D eigenvalue weighted by atomic mass is 10.1. The molecule has 2 aromatic heterocycles. The Kier molecular flexibility index (Phi) is 4.12. The van der Waals surface area contributed by atoms with Crippen molar-refractivity contribution in [1.82, 2.24) is 0 Å². The highest BCUT2D eigenvalue weighted by Crippen LogP contribution is 2.30. The summed E-state index contributed by atoms with van der Waals surface area (Å²) in [5, 5.41) is 0.736. The summed E-state index contributed by atoms with van der Waals surface area (Å²) in [7, 11) is 1.29. The lowest BCUT2D eigenvalue weighted by Crippen LogP contribution is -2.01. The second-order valence-electron chi connectivity index (χ2n) is 5.43. The fourth-order valence-electron chi connectivity index (χ4n) is 2.51. The van der Waals surface area contributed by atoms with E-state index in [1.54, 1.807) is 12.1 Å². The molecule has 6 nitrogen and oxygen atoms in total. The molecule has 0 bridgehead atoms. The number of carbonyl (C=O) groups is 1. The molecule has 2 heterocycles. The molecule has 0 spiro atoms. The van der Waals surface area contributed by atoms with Crippen molar-refractivity contribution in [2.45, 2.75) is 20.5 Å². The molecule has 0 saturated heterocycles. The van der Waals surface area contributed by atoms with Crippen molar-refractivity contribution >= 4 is 16.9 Å². The number of esters is 1. The molecule has 24 heavy (non-hydrogen) atoms. The first-order valence-corrected chi connectivity index (χ1v) is 7.33. The lowest BCUT2D eigenvalue weighted by Gasteiger charge is -2.10. The van der Waals surface area contributed by atoms with Gasteiger partial charge in [0.05, 0.1) is 12.5 Å². The van der Waals surface area contributed by atoms with E-state index in [1.165, 1.54) is 19.2 Å². The van der Waals surface area contributed by atoms with Gasteiger partial charge in [-0.15, -0.1) is 0 Å². The summed E-state index contributed by atoms with van der Waals surface area (Å²) in [5.41, 5.74) is 1.75. The highest BCUT2D eigenvalue weighted by atomic mass is 16.5. The molecule has 0 aliphatic rings. The van der Waals surface area contributed by atoms with Crippen LogP contribution in [0.15, 0.2) is 44.0 Å². The average Bonchev–Trinajstić information content (AvgIpc) is 2.99. The standard InChI is InChI=1S/C18H16O6/c1-10-6-14(17-11(2)8-16(19)24-15(17)7-10)22-9-12-4-5-13(23-12)18(20)21-3/h4-8H,9H2,1-3H3. The highest BCUT2D eigenvalue weighted by molar-refractivity contribution is 5.87. The van der Waals surface area contributed by atoms with Crippen molar-refractivity contribution < 1.29 is 23.1 Å². The van der Waals surface area contributed by atoms with Crippen LogP contribution in [-0.4, -0.2) is 13.1 Å². The molecular weight excluding hydrogens is 312 g/mol. The predicted molar refractivity (Wildman–Crippen MR) is 86.3 cm³/mol. The fraction of sp³-hybridized carbons (Fsp3) is 0.222. The number of hydrogen-bond donors (Lipinski definition) is 0. The van der Waals surface area contributed by atoms with Crippen LogP contribution in [0.4, 0.5) is 0 Å². The molecular formula is C18H16O6. The quantitative estimate of drug-likeness (QED) is 0.540. The normalized spacial score (nSPS) is 10.8. The van der Waals surface area contributed by atoms with Crippen LogP contribution >= 0.6 is 0 Å². The van der Waals surface area contributed by atoms with Crippen LogP contribution in [0, 0.1) is 13.8 Å². The number of carbonyl (C=O) groups excluding carboxylic acids is 1. The second-order valence-corrected chi connectivity index (χ2v) is 5.43. The minimum absolute atomic E-state index is 0.118. The van der Waals surface area contributed by atoms with E-state index in [9.17, 15) is 9.59 Å². The maximum Gasteiger partial charge on any atom is 0.373 e. The van der Waals surface area contributed by atoms with Crippen LogP contribution in [0.1, 0.15) is 27.4 Å². The SMILES string of the molecule is COC(=O)c1ccc(COc2cc(C)cc3oc(=O)cc(C)c23)o1. The minimum atomic E-state index is -0.542. The minimum Gasteiger partial charge on any atom is -0.485 e. The first kappa shape index (κ1) is 15.9. The van der Waals surface area contributed by atoms with Crippen molar-refractivity contribution in [3.05, 3.63) is 63.4 Å². The third kappa shape index (κ3) is 3.03. The molecule has 0 unspecified atom stereocenters. The monoisotopic (exact) mass is 328 g/mol.